The summed E-state index contributed by atoms with van der Waals surface area (Å²) in [7, 11) is 0. The van der Waals surface area contributed by atoms with Crippen molar-refractivity contribution in [1.82, 2.24) is 14.5 Å². The Morgan fingerprint density at radius 1 is 1.18 bits per heavy atom. The number of hydrogen-bond acceptors (Lipinski definition) is 3. The highest BCUT2D eigenvalue weighted by Crippen LogP contribution is 2.40. The van der Waals surface area contributed by atoms with E-state index < -0.39 is 5.51 Å². The number of para-hydroxylation sites is 1. The first-order valence-electron chi connectivity index (χ1n) is 6.29. The fraction of sp³-hybridized carbons (Fsp3) is 0.143. The van der Waals surface area contributed by atoms with Crippen LogP contribution in [0.2, 0.25) is 0 Å². The van der Waals surface area contributed by atoms with Gasteiger partial charge in [-0.15, -0.1) is 0 Å². The van der Waals surface area contributed by atoms with E-state index >= 15 is 0 Å². The molecule has 22 heavy (non-hydrogen) atoms. The molecule has 0 aliphatic carbocycles. The Bertz CT molecular complexity index is 898. The van der Waals surface area contributed by atoms with Crippen molar-refractivity contribution in [3.05, 3.63) is 52.6 Å². The van der Waals surface area contributed by atoms with Crippen LogP contribution in [0.4, 0.5) is 13.2 Å². The van der Waals surface area contributed by atoms with Crippen LogP contribution < -0.4 is 5.56 Å². The molecular formula is C14H10F3N3OS. The summed E-state index contributed by atoms with van der Waals surface area (Å²) in [4.78, 5) is 18.4. The quantitative estimate of drug-likeness (QED) is 0.732. The molecule has 0 saturated carbocycles. The van der Waals surface area contributed by atoms with Gasteiger partial charge in [0.15, 0.2) is 0 Å². The van der Waals surface area contributed by atoms with Gasteiger partial charge in [0.1, 0.15) is 17.0 Å². The lowest BCUT2D eigenvalue weighted by molar-refractivity contribution is -0.0328. The number of benzene rings is 1. The molecule has 0 bridgehead atoms. The van der Waals surface area contributed by atoms with Gasteiger partial charge < -0.3 is 4.98 Å². The van der Waals surface area contributed by atoms with Crippen molar-refractivity contribution in [3.8, 4) is 5.69 Å². The predicted molar refractivity (Wildman–Crippen MR) is 78.3 cm³/mol. The molecule has 0 radical (unpaired) electrons. The van der Waals surface area contributed by atoms with Crippen LogP contribution in [-0.4, -0.2) is 20.0 Å². The maximum atomic E-state index is 12.7. The number of fused-ring (bicyclic) bond motifs is 1. The molecule has 0 saturated heterocycles. The Balaban J connectivity index is 2.26. The summed E-state index contributed by atoms with van der Waals surface area (Å²) in [5, 5.41) is 0. The van der Waals surface area contributed by atoms with E-state index in [-0.39, 0.29) is 22.2 Å². The molecule has 0 spiro atoms. The van der Waals surface area contributed by atoms with Gasteiger partial charge in [0.05, 0.1) is 5.69 Å². The smallest absolute Gasteiger partial charge is 0.306 e. The zero-order valence-corrected chi connectivity index (χ0v) is 12.1. The molecule has 1 N–H and O–H groups in total. The summed E-state index contributed by atoms with van der Waals surface area (Å²) in [5.41, 5.74) is -3.52. The summed E-state index contributed by atoms with van der Waals surface area (Å²) in [6.07, 6.45) is 0. The highest BCUT2D eigenvalue weighted by atomic mass is 32.2. The molecule has 0 amide bonds. The molecule has 0 aliphatic heterocycles. The van der Waals surface area contributed by atoms with E-state index in [1.807, 2.05) is 0 Å². The number of nitrogens with one attached hydrogen (secondary N) is 1. The van der Waals surface area contributed by atoms with Crippen molar-refractivity contribution in [2.75, 3.05) is 0 Å². The van der Waals surface area contributed by atoms with E-state index in [9.17, 15) is 18.0 Å². The lowest BCUT2D eigenvalue weighted by Crippen LogP contribution is -2.08. The highest BCUT2D eigenvalue weighted by Gasteiger charge is 2.31. The number of alkyl halides is 3. The Labute approximate surface area is 127 Å². The SMILES string of the molecule is Cc1nc2ccc(=O)[nH]c2n1-c1ccccc1SC(F)(F)F. The second kappa shape index (κ2) is 5.20. The summed E-state index contributed by atoms with van der Waals surface area (Å²) in [6, 6.07) is 9.00. The van der Waals surface area contributed by atoms with Gasteiger partial charge >= 0.3 is 5.51 Å². The molecule has 4 nitrogen and oxygen atoms in total. The van der Waals surface area contributed by atoms with Gasteiger partial charge in [0, 0.05) is 11.0 Å². The van der Waals surface area contributed by atoms with Crippen molar-refractivity contribution >= 4 is 22.9 Å². The van der Waals surface area contributed by atoms with Crippen LogP contribution in [0.25, 0.3) is 16.9 Å². The number of thioether (sulfide) groups is 1. The summed E-state index contributed by atoms with van der Waals surface area (Å²) in [6.45, 7) is 1.67. The zero-order valence-electron chi connectivity index (χ0n) is 11.3. The second-order valence-corrected chi connectivity index (χ2v) is 5.67. The van der Waals surface area contributed by atoms with Crippen LogP contribution in [0.1, 0.15) is 5.82 Å². The lowest BCUT2D eigenvalue weighted by Gasteiger charge is -2.13. The van der Waals surface area contributed by atoms with E-state index in [2.05, 4.69) is 9.97 Å². The molecule has 0 fully saturated rings. The third kappa shape index (κ3) is 2.74. The maximum Gasteiger partial charge on any atom is 0.446 e. The van der Waals surface area contributed by atoms with Gasteiger partial charge in [-0.25, -0.2) is 4.98 Å². The van der Waals surface area contributed by atoms with E-state index in [0.717, 1.165) is 0 Å². The Morgan fingerprint density at radius 3 is 2.64 bits per heavy atom. The first-order valence-corrected chi connectivity index (χ1v) is 7.10. The average Bonchev–Trinajstić information content (AvgIpc) is 2.73. The fourth-order valence-corrected chi connectivity index (χ4v) is 2.91. The average molecular weight is 325 g/mol. The van der Waals surface area contributed by atoms with Crippen LogP contribution in [0, 0.1) is 6.92 Å². The van der Waals surface area contributed by atoms with Crippen LogP contribution in [0.15, 0.2) is 46.1 Å². The number of aromatic amines is 1. The molecule has 0 aliphatic rings. The highest BCUT2D eigenvalue weighted by molar-refractivity contribution is 8.00. The minimum absolute atomic E-state index is 0.0436. The zero-order chi connectivity index (χ0) is 15.9. The Hall–Kier alpha value is -2.22. The van der Waals surface area contributed by atoms with Crippen LogP contribution in [0.5, 0.6) is 0 Å². The summed E-state index contributed by atoms with van der Waals surface area (Å²) in [5.74, 6) is 0.493. The standard InChI is InChI=1S/C14H10F3N3OS/c1-8-18-9-6-7-12(21)19-13(9)20(8)10-4-2-3-5-11(10)22-14(15,16)17/h2-7H,1H3,(H,19,21). The second-order valence-electron chi connectivity index (χ2n) is 4.57. The van der Waals surface area contributed by atoms with Crippen LogP contribution in [-0.2, 0) is 0 Å². The summed E-state index contributed by atoms with van der Waals surface area (Å²) >= 11 is -0.194. The number of rotatable bonds is 2. The predicted octanol–water partition coefficient (Wildman–Crippen LogP) is 3.63. The van der Waals surface area contributed by atoms with Crippen LogP contribution in [0.3, 0.4) is 0 Å². The Morgan fingerprint density at radius 2 is 1.91 bits per heavy atom. The number of nitrogens with zero attached hydrogens (tertiary/aromatic N) is 2. The molecule has 0 atom stereocenters. The maximum absolute atomic E-state index is 12.7. The third-order valence-electron chi connectivity index (χ3n) is 3.04. The molecule has 114 valence electrons. The molecule has 0 unspecified atom stereocenters. The van der Waals surface area contributed by atoms with Gasteiger partial charge in [-0.2, -0.15) is 13.2 Å². The summed E-state index contributed by atoms with van der Waals surface area (Å²) < 4.78 is 39.7. The number of H-pyrrole nitrogens is 1. The van der Waals surface area contributed by atoms with Crippen molar-refractivity contribution in [2.45, 2.75) is 17.3 Å². The minimum Gasteiger partial charge on any atom is -0.306 e. The van der Waals surface area contributed by atoms with Crippen molar-refractivity contribution < 1.29 is 13.2 Å². The molecule has 1 aromatic carbocycles. The number of hydrogen-bond donors (Lipinski definition) is 1. The molecule has 3 rings (SSSR count). The van der Waals surface area contributed by atoms with Crippen molar-refractivity contribution in [1.29, 1.82) is 0 Å². The number of aryl methyl sites for hydroxylation is 1. The molecule has 2 heterocycles. The largest absolute Gasteiger partial charge is 0.446 e. The first kappa shape index (κ1) is 14.7. The first-order chi connectivity index (χ1) is 10.3. The van der Waals surface area contributed by atoms with Gasteiger partial charge in [-0.05, 0) is 36.9 Å². The van der Waals surface area contributed by atoms with Crippen molar-refractivity contribution in [2.24, 2.45) is 0 Å². The van der Waals surface area contributed by atoms with Gasteiger partial charge in [0.2, 0.25) is 5.56 Å². The van der Waals surface area contributed by atoms with Crippen LogP contribution >= 0.6 is 11.8 Å². The van der Waals surface area contributed by atoms with E-state index in [0.29, 0.717) is 22.7 Å². The number of pyridine rings is 1. The molecular weight excluding hydrogens is 315 g/mol. The normalized spacial score (nSPS) is 12.0. The number of aromatic nitrogens is 3. The number of halogens is 3. The molecule has 3 aromatic rings. The van der Waals surface area contributed by atoms with E-state index in [1.54, 1.807) is 19.1 Å². The fourth-order valence-electron chi connectivity index (χ4n) is 2.25. The van der Waals surface area contributed by atoms with E-state index in [4.69, 9.17) is 0 Å². The topological polar surface area (TPSA) is 50.7 Å². The molecule has 2 aromatic heterocycles. The van der Waals surface area contributed by atoms with Crippen molar-refractivity contribution in [3.63, 3.8) is 0 Å². The molecule has 8 heteroatoms. The monoisotopic (exact) mass is 325 g/mol. The van der Waals surface area contributed by atoms with Gasteiger partial charge in [-0.3, -0.25) is 9.36 Å². The minimum atomic E-state index is -4.40. The van der Waals surface area contributed by atoms with Gasteiger partial charge in [0.25, 0.3) is 0 Å². The van der Waals surface area contributed by atoms with E-state index in [1.165, 1.54) is 28.8 Å². The number of imidazole rings is 1. The Kier molecular flexibility index (Phi) is 3.48. The van der Waals surface area contributed by atoms with Gasteiger partial charge in [-0.1, -0.05) is 12.1 Å². The lowest BCUT2D eigenvalue weighted by atomic mass is 10.3. The third-order valence-corrected chi connectivity index (χ3v) is 3.83.